The first kappa shape index (κ1) is 35.2. The van der Waals surface area contributed by atoms with Crippen molar-refractivity contribution in [3.05, 3.63) is 89.4 Å². The second-order valence-corrected chi connectivity index (χ2v) is 19.1. The van der Waals surface area contributed by atoms with E-state index in [9.17, 15) is 8.42 Å². The molecular weight excluding hydrogens is 621 g/mol. The van der Waals surface area contributed by atoms with Crippen LogP contribution in [0.4, 0.5) is 8.78 Å². The maximum Gasteiger partial charge on any atom is 0.232 e. The molecule has 3 atom stereocenters. The maximum atomic E-state index is 16.1. The Kier molecular flexibility index (Phi) is 12.0. The van der Waals surface area contributed by atoms with Crippen LogP contribution in [0.25, 0.3) is 0 Å². The van der Waals surface area contributed by atoms with Crippen LogP contribution < -0.4 is 4.74 Å². The van der Waals surface area contributed by atoms with Crippen molar-refractivity contribution in [1.29, 1.82) is 0 Å². The van der Waals surface area contributed by atoms with E-state index in [1.807, 2.05) is 13.0 Å². The molecule has 0 amide bonds. The van der Waals surface area contributed by atoms with Gasteiger partial charge in [0.25, 0.3) is 0 Å². The summed E-state index contributed by atoms with van der Waals surface area (Å²) < 4.78 is 78.2. The number of rotatable bonds is 15. The van der Waals surface area contributed by atoms with Crippen LogP contribution in [0.2, 0.25) is 0 Å². The number of halogens is 2. The first-order chi connectivity index (χ1) is 21.4. The topological polar surface area (TPSA) is 90.8 Å². The third-order valence-electron chi connectivity index (χ3n) is 8.33. The maximum absolute atomic E-state index is 16.1. The standard InChI is InChI=1S/C33H45F2N3O5S2/c1-6-33(23-43-32-20-36-14-15-37-32,22-42-24-41-16-17-44(3,4)5)28-19-29(34)27(18-30(28)35)21-38-25(2)12-13-31(45(38,39)40)26-10-8-7-9-11-26/h7-11,14-15,18-20,25,31H,6,12-13,16-17,21-24H2,1-5H3/t25-,31+,33+/m0/s1. The highest BCUT2D eigenvalue weighted by Gasteiger charge is 2.41. The molecule has 0 spiro atoms. The highest BCUT2D eigenvalue weighted by molar-refractivity contribution is 8.32. The molecule has 3 aromatic rings. The first-order valence-corrected chi connectivity index (χ1v) is 19.6. The zero-order valence-electron chi connectivity index (χ0n) is 26.7. The fourth-order valence-electron chi connectivity index (χ4n) is 5.46. The molecule has 0 bridgehead atoms. The van der Waals surface area contributed by atoms with Gasteiger partial charge in [0.1, 0.15) is 30.3 Å². The molecule has 248 valence electrons. The molecule has 0 saturated carbocycles. The van der Waals surface area contributed by atoms with Gasteiger partial charge in [-0.2, -0.15) is 4.31 Å². The minimum atomic E-state index is -3.83. The number of ether oxygens (including phenoxy) is 3. The van der Waals surface area contributed by atoms with Crippen LogP contribution in [0.3, 0.4) is 0 Å². The molecule has 1 fully saturated rings. The van der Waals surface area contributed by atoms with Crippen molar-refractivity contribution in [3.8, 4) is 5.88 Å². The first-order valence-electron chi connectivity index (χ1n) is 15.1. The zero-order chi connectivity index (χ0) is 32.7. The molecule has 1 aromatic heterocycles. The van der Waals surface area contributed by atoms with Gasteiger partial charge < -0.3 is 14.2 Å². The molecule has 1 aliphatic rings. The molecular formula is C33H45F2N3O5S2. The summed E-state index contributed by atoms with van der Waals surface area (Å²) in [5.74, 6) is -0.200. The quantitative estimate of drug-likeness (QED) is 0.141. The van der Waals surface area contributed by atoms with Crippen LogP contribution in [0, 0.1) is 11.6 Å². The number of aromatic nitrogens is 2. The number of nitrogens with zero attached hydrogens (tertiary/aromatic N) is 3. The van der Waals surface area contributed by atoms with Crippen LogP contribution in [-0.4, -0.2) is 79.9 Å². The Labute approximate surface area is 267 Å². The summed E-state index contributed by atoms with van der Waals surface area (Å²) in [6, 6.07) is 10.9. The molecule has 8 nitrogen and oxygen atoms in total. The number of hydrogen-bond acceptors (Lipinski definition) is 7. The van der Waals surface area contributed by atoms with Crippen LogP contribution in [-0.2, 0) is 31.5 Å². The highest BCUT2D eigenvalue weighted by atomic mass is 32.3. The average molecular weight is 666 g/mol. The zero-order valence-corrected chi connectivity index (χ0v) is 28.4. The summed E-state index contributed by atoms with van der Waals surface area (Å²) in [6.45, 7) is 3.86. The molecule has 0 unspecified atom stereocenters. The second kappa shape index (κ2) is 15.3. The summed E-state index contributed by atoms with van der Waals surface area (Å²) in [5.41, 5.74) is -0.362. The van der Waals surface area contributed by atoms with E-state index in [1.165, 1.54) is 22.9 Å². The van der Waals surface area contributed by atoms with E-state index in [1.54, 1.807) is 31.2 Å². The summed E-state index contributed by atoms with van der Waals surface area (Å²) in [7, 11) is -4.55. The Balaban J connectivity index is 1.58. The second-order valence-electron chi connectivity index (χ2n) is 12.5. The van der Waals surface area contributed by atoms with E-state index in [0.717, 1.165) is 17.9 Å². The Morgan fingerprint density at radius 1 is 1.02 bits per heavy atom. The predicted molar refractivity (Wildman–Crippen MR) is 175 cm³/mol. The molecule has 2 heterocycles. The van der Waals surface area contributed by atoms with E-state index in [4.69, 9.17) is 14.2 Å². The van der Waals surface area contributed by atoms with Crippen molar-refractivity contribution in [2.24, 2.45) is 0 Å². The normalized spacial score (nSPS) is 20.4. The lowest BCUT2D eigenvalue weighted by Gasteiger charge is -2.38. The minimum absolute atomic E-state index is 0.00185. The van der Waals surface area contributed by atoms with Crippen LogP contribution >= 0.6 is 10.0 Å². The van der Waals surface area contributed by atoms with E-state index in [0.29, 0.717) is 31.4 Å². The lowest BCUT2D eigenvalue weighted by atomic mass is 9.78. The summed E-state index contributed by atoms with van der Waals surface area (Å²) in [6.07, 6.45) is 12.5. The third kappa shape index (κ3) is 9.00. The van der Waals surface area contributed by atoms with Crippen molar-refractivity contribution < 1.29 is 31.4 Å². The van der Waals surface area contributed by atoms with E-state index < -0.39 is 42.4 Å². The van der Waals surface area contributed by atoms with Gasteiger partial charge >= 0.3 is 0 Å². The van der Waals surface area contributed by atoms with Gasteiger partial charge in [-0.15, -0.1) is 0 Å². The Bertz CT molecular complexity index is 1490. The number of hydrogen-bond donors (Lipinski definition) is 0. The molecule has 1 aliphatic heterocycles. The number of benzene rings is 2. The van der Waals surface area contributed by atoms with Crippen molar-refractivity contribution in [3.63, 3.8) is 0 Å². The fourth-order valence-corrected chi connectivity index (χ4v) is 8.27. The van der Waals surface area contributed by atoms with Gasteiger partial charge in [0.05, 0.1) is 24.8 Å². The lowest BCUT2D eigenvalue weighted by molar-refractivity contribution is -0.0711. The van der Waals surface area contributed by atoms with Crippen LogP contribution in [0.15, 0.2) is 61.1 Å². The van der Waals surface area contributed by atoms with Crippen molar-refractivity contribution in [2.75, 3.05) is 51.1 Å². The SMILES string of the molecule is CC[C@@](COCOCCS(C)(C)C)(COc1cnccn1)c1cc(F)c(CN2[C@@H](C)CC[C@H](c3ccccc3)S2(=O)=O)cc1F. The van der Waals surface area contributed by atoms with Gasteiger partial charge in [-0.3, -0.25) is 4.98 Å². The van der Waals surface area contributed by atoms with Crippen LogP contribution in [0.5, 0.6) is 5.88 Å². The summed E-state index contributed by atoms with van der Waals surface area (Å²) >= 11 is 0. The van der Waals surface area contributed by atoms with Gasteiger partial charge in [0.15, 0.2) is 0 Å². The van der Waals surface area contributed by atoms with E-state index >= 15 is 8.78 Å². The summed E-state index contributed by atoms with van der Waals surface area (Å²) in [5, 5.41) is -0.739. The lowest BCUT2D eigenvalue weighted by Crippen LogP contribution is -2.45. The molecule has 0 N–H and O–H groups in total. The van der Waals surface area contributed by atoms with Crippen molar-refractivity contribution >= 4 is 20.1 Å². The van der Waals surface area contributed by atoms with Crippen LogP contribution in [0.1, 0.15) is 55.1 Å². The van der Waals surface area contributed by atoms with Gasteiger partial charge in [0, 0.05) is 41.9 Å². The Morgan fingerprint density at radius 2 is 1.78 bits per heavy atom. The van der Waals surface area contributed by atoms with Gasteiger partial charge in [-0.05, 0) is 62.6 Å². The Hall–Kier alpha value is -2.64. The van der Waals surface area contributed by atoms with E-state index in [-0.39, 0.29) is 49.6 Å². The van der Waals surface area contributed by atoms with Gasteiger partial charge in [-0.25, -0.2) is 32.2 Å². The van der Waals surface area contributed by atoms with Crippen molar-refractivity contribution in [2.45, 2.75) is 56.4 Å². The monoisotopic (exact) mass is 665 g/mol. The summed E-state index contributed by atoms with van der Waals surface area (Å²) in [4.78, 5) is 8.16. The molecule has 12 heteroatoms. The molecule has 4 rings (SSSR count). The highest BCUT2D eigenvalue weighted by Crippen LogP contribution is 2.39. The average Bonchev–Trinajstić information content (AvgIpc) is 3.00. The Morgan fingerprint density at radius 3 is 2.44 bits per heavy atom. The predicted octanol–water partition coefficient (Wildman–Crippen LogP) is 6.22. The smallest absolute Gasteiger partial charge is 0.232 e. The molecule has 45 heavy (non-hydrogen) atoms. The van der Waals surface area contributed by atoms with E-state index in [2.05, 4.69) is 28.7 Å². The molecule has 1 saturated heterocycles. The van der Waals surface area contributed by atoms with Gasteiger partial charge in [-0.1, -0.05) is 37.3 Å². The number of sulfonamides is 1. The molecule has 2 aromatic carbocycles. The third-order valence-corrected chi connectivity index (χ3v) is 12.1. The van der Waals surface area contributed by atoms with Gasteiger partial charge in [0.2, 0.25) is 15.9 Å². The largest absolute Gasteiger partial charge is 0.476 e. The fraction of sp³-hybridized carbons (Fsp3) is 0.515. The van der Waals surface area contributed by atoms with Crippen molar-refractivity contribution in [1.82, 2.24) is 14.3 Å². The molecule has 0 radical (unpaired) electrons. The minimum Gasteiger partial charge on any atom is -0.476 e. The molecule has 0 aliphatic carbocycles.